The molecule has 10 heteroatoms. The van der Waals surface area contributed by atoms with Crippen LogP contribution in [0.1, 0.15) is 5.56 Å². The zero-order valence-corrected chi connectivity index (χ0v) is 20.9. The summed E-state index contributed by atoms with van der Waals surface area (Å²) in [6.07, 6.45) is 1.06. The highest BCUT2D eigenvalue weighted by Crippen LogP contribution is 2.44. The Bertz CT molecular complexity index is 1430. The maximum Gasteiger partial charge on any atom is 0.350 e. The van der Waals surface area contributed by atoms with E-state index < -0.39 is 17.3 Å². The molecule has 0 bridgehead atoms. The fraction of sp³-hybridized carbons (Fsp3) is 0.346. The molecule has 36 heavy (non-hydrogen) atoms. The smallest absolute Gasteiger partial charge is 0.350 e. The quantitative estimate of drug-likeness (QED) is 0.498. The van der Waals surface area contributed by atoms with Crippen molar-refractivity contribution in [2.75, 3.05) is 43.9 Å². The number of anilines is 1. The summed E-state index contributed by atoms with van der Waals surface area (Å²) in [4.78, 5) is 34.3. The maximum atomic E-state index is 15.0. The van der Waals surface area contributed by atoms with Gasteiger partial charge in [-0.05, 0) is 36.8 Å². The molecule has 2 aromatic carbocycles. The summed E-state index contributed by atoms with van der Waals surface area (Å²) in [5.41, 5.74) is 1.96. The lowest BCUT2D eigenvalue weighted by atomic mass is 9.97. The predicted octanol–water partition coefficient (Wildman–Crippen LogP) is 3.61. The first-order valence-electron chi connectivity index (χ1n) is 11.7. The highest BCUT2D eigenvalue weighted by molar-refractivity contribution is 7.99. The Morgan fingerprint density at radius 2 is 1.97 bits per heavy atom. The van der Waals surface area contributed by atoms with E-state index in [2.05, 4.69) is 11.6 Å². The van der Waals surface area contributed by atoms with Gasteiger partial charge in [0, 0.05) is 66.5 Å². The maximum absolute atomic E-state index is 15.0. The minimum atomic E-state index is -0.659. The SMILES string of the molecule is C=CC(=O)N1CCN(c2nc(=O)n3c4c(c(-c5ccc(F)cc5F)c(C)cc24)SC[C@H](OC)C3)CC1. The van der Waals surface area contributed by atoms with E-state index in [4.69, 9.17) is 4.74 Å². The van der Waals surface area contributed by atoms with Gasteiger partial charge in [0.05, 0.1) is 18.2 Å². The number of piperazine rings is 1. The zero-order valence-electron chi connectivity index (χ0n) is 20.1. The van der Waals surface area contributed by atoms with E-state index in [0.717, 1.165) is 21.9 Å². The first-order valence-corrected chi connectivity index (χ1v) is 12.7. The lowest BCUT2D eigenvalue weighted by Crippen LogP contribution is -2.49. The fourth-order valence-corrected chi connectivity index (χ4v) is 6.31. The summed E-state index contributed by atoms with van der Waals surface area (Å²) in [5.74, 6) is -0.328. The summed E-state index contributed by atoms with van der Waals surface area (Å²) in [6.45, 7) is 7.76. The summed E-state index contributed by atoms with van der Waals surface area (Å²) < 4.78 is 35.9. The van der Waals surface area contributed by atoms with Crippen molar-refractivity contribution in [1.29, 1.82) is 0 Å². The molecule has 0 unspecified atom stereocenters. The number of nitrogens with zero attached hydrogens (tertiary/aromatic N) is 4. The van der Waals surface area contributed by atoms with Crippen LogP contribution in [0, 0.1) is 18.6 Å². The predicted molar refractivity (Wildman–Crippen MR) is 137 cm³/mol. The van der Waals surface area contributed by atoms with Gasteiger partial charge in [0.15, 0.2) is 0 Å². The zero-order chi connectivity index (χ0) is 25.6. The van der Waals surface area contributed by atoms with Crippen LogP contribution in [-0.2, 0) is 16.1 Å². The number of aromatic nitrogens is 2. The van der Waals surface area contributed by atoms with E-state index in [1.807, 2.05) is 17.9 Å². The minimum Gasteiger partial charge on any atom is -0.379 e. The third-order valence-electron chi connectivity index (χ3n) is 6.79. The minimum absolute atomic E-state index is 0.125. The number of hydrogen-bond donors (Lipinski definition) is 0. The van der Waals surface area contributed by atoms with Crippen molar-refractivity contribution < 1.29 is 18.3 Å². The molecule has 1 fully saturated rings. The van der Waals surface area contributed by atoms with Crippen LogP contribution in [0.5, 0.6) is 0 Å². The van der Waals surface area contributed by atoms with Gasteiger partial charge in [-0.2, -0.15) is 4.98 Å². The molecule has 2 aliphatic rings. The molecule has 5 rings (SSSR count). The van der Waals surface area contributed by atoms with E-state index in [1.54, 1.807) is 16.6 Å². The summed E-state index contributed by atoms with van der Waals surface area (Å²) in [6, 6.07) is 5.47. The molecule has 3 heterocycles. The first kappa shape index (κ1) is 24.5. The number of benzene rings is 2. The van der Waals surface area contributed by atoms with Crippen molar-refractivity contribution in [2.45, 2.75) is 24.5 Å². The molecule has 188 valence electrons. The molecular weight excluding hydrogens is 486 g/mol. The molecule has 0 spiro atoms. The number of amides is 1. The summed E-state index contributed by atoms with van der Waals surface area (Å²) >= 11 is 1.50. The number of ether oxygens (including phenoxy) is 1. The van der Waals surface area contributed by atoms with E-state index in [9.17, 15) is 18.4 Å². The first-order chi connectivity index (χ1) is 17.3. The van der Waals surface area contributed by atoms with Gasteiger partial charge >= 0.3 is 5.69 Å². The van der Waals surface area contributed by atoms with Gasteiger partial charge in [0.1, 0.15) is 17.5 Å². The second kappa shape index (κ2) is 9.67. The number of thioether (sulfide) groups is 1. The van der Waals surface area contributed by atoms with Gasteiger partial charge in [0.2, 0.25) is 5.91 Å². The van der Waals surface area contributed by atoms with Crippen LogP contribution >= 0.6 is 11.8 Å². The molecule has 1 aromatic heterocycles. The molecular formula is C26H26F2N4O3S. The van der Waals surface area contributed by atoms with E-state index in [-0.39, 0.29) is 17.6 Å². The third kappa shape index (κ3) is 4.18. The molecule has 0 N–H and O–H groups in total. The van der Waals surface area contributed by atoms with E-state index in [1.165, 1.54) is 30.0 Å². The van der Waals surface area contributed by atoms with Gasteiger partial charge in [0.25, 0.3) is 0 Å². The summed E-state index contributed by atoms with van der Waals surface area (Å²) in [7, 11) is 1.60. The summed E-state index contributed by atoms with van der Waals surface area (Å²) in [5, 5.41) is 0.779. The Hall–Kier alpha value is -3.24. The standard InChI is InChI=1S/C26H26F2N4O3S/c1-4-21(33)30-7-9-31(10-8-30)25-19-11-15(2)22(18-6-5-16(27)12-20(18)28)24-23(19)32(26(34)29-25)13-17(35-3)14-36-24/h4-6,11-12,17H,1,7-10,13-14H2,2-3H3/t17-/m1/s1. The van der Waals surface area contributed by atoms with Crippen molar-refractivity contribution in [1.82, 2.24) is 14.5 Å². The van der Waals surface area contributed by atoms with Gasteiger partial charge in [-0.3, -0.25) is 9.36 Å². The number of carbonyl (C=O) groups is 1. The fourth-order valence-electron chi connectivity index (χ4n) is 4.94. The Labute approximate surface area is 211 Å². The molecule has 2 aliphatic heterocycles. The highest BCUT2D eigenvalue weighted by Gasteiger charge is 2.29. The number of hydrogen-bond acceptors (Lipinski definition) is 6. The molecule has 1 atom stereocenters. The number of methoxy groups -OCH3 is 1. The Kier molecular flexibility index (Phi) is 6.57. The lowest BCUT2D eigenvalue weighted by molar-refractivity contribution is -0.126. The third-order valence-corrected chi connectivity index (χ3v) is 8.02. The Morgan fingerprint density at radius 1 is 1.22 bits per heavy atom. The normalized spacial score (nSPS) is 17.8. The highest BCUT2D eigenvalue weighted by atomic mass is 32.2. The molecule has 7 nitrogen and oxygen atoms in total. The van der Waals surface area contributed by atoms with Crippen LogP contribution in [0.15, 0.2) is 46.6 Å². The van der Waals surface area contributed by atoms with E-state index >= 15 is 0 Å². The number of rotatable bonds is 4. The monoisotopic (exact) mass is 512 g/mol. The molecule has 1 saturated heterocycles. The number of aryl methyl sites for hydroxylation is 1. The van der Waals surface area contributed by atoms with E-state index in [0.29, 0.717) is 55.4 Å². The molecule has 0 saturated carbocycles. The van der Waals surface area contributed by atoms with Crippen molar-refractivity contribution in [3.05, 3.63) is 64.6 Å². The van der Waals surface area contributed by atoms with Gasteiger partial charge in [-0.15, -0.1) is 11.8 Å². The van der Waals surface area contributed by atoms with Crippen molar-refractivity contribution in [3.8, 4) is 11.1 Å². The number of carbonyl (C=O) groups excluding carboxylic acids is 1. The number of halogens is 2. The molecule has 3 aromatic rings. The second-order valence-electron chi connectivity index (χ2n) is 8.93. The average molecular weight is 513 g/mol. The topological polar surface area (TPSA) is 67.7 Å². The van der Waals surface area contributed by atoms with Gasteiger partial charge in [-0.25, -0.2) is 13.6 Å². The van der Waals surface area contributed by atoms with Crippen molar-refractivity contribution >= 4 is 34.4 Å². The molecule has 0 aliphatic carbocycles. The van der Waals surface area contributed by atoms with Gasteiger partial charge < -0.3 is 14.5 Å². The Morgan fingerprint density at radius 3 is 2.64 bits per heavy atom. The second-order valence-corrected chi connectivity index (χ2v) is 9.96. The van der Waals surface area contributed by atoms with Crippen LogP contribution in [0.4, 0.5) is 14.6 Å². The van der Waals surface area contributed by atoms with Crippen LogP contribution in [0.3, 0.4) is 0 Å². The average Bonchev–Trinajstić information content (AvgIpc) is 3.07. The van der Waals surface area contributed by atoms with Crippen molar-refractivity contribution in [3.63, 3.8) is 0 Å². The van der Waals surface area contributed by atoms with Crippen LogP contribution < -0.4 is 10.6 Å². The van der Waals surface area contributed by atoms with Crippen LogP contribution in [-0.4, -0.2) is 65.5 Å². The molecule has 0 radical (unpaired) electrons. The van der Waals surface area contributed by atoms with Crippen molar-refractivity contribution in [2.24, 2.45) is 0 Å². The lowest BCUT2D eigenvalue weighted by Gasteiger charge is -2.35. The van der Waals surface area contributed by atoms with Crippen LogP contribution in [0.2, 0.25) is 0 Å². The van der Waals surface area contributed by atoms with Gasteiger partial charge in [-0.1, -0.05) is 6.58 Å². The molecule has 1 amide bonds. The van der Waals surface area contributed by atoms with Crippen LogP contribution in [0.25, 0.3) is 22.0 Å². The largest absolute Gasteiger partial charge is 0.379 e. The Balaban J connectivity index is 1.72.